The Balaban J connectivity index is 1.88. The van der Waals surface area contributed by atoms with E-state index in [9.17, 15) is 18.4 Å². The minimum Gasteiger partial charge on any atom is -0.496 e. The summed E-state index contributed by atoms with van der Waals surface area (Å²) in [5.74, 6) is -2.95. The molecule has 1 N–H and O–H groups in total. The molecular weight excluding hydrogens is 390 g/mol. The number of amides is 2. The minimum atomic E-state index is -1.02. The molecule has 2 amide bonds. The zero-order valence-corrected chi connectivity index (χ0v) is 15.9. The number of imide groups is 1. The zero-order valence-electron chi connectivity index (χ0n) is 15.9. The Labute approximate surface area is 171 Å². The van der Waals surface area contributed by atoms with E-state index in [2.05, 4.69) is 5.32 Å². The second kappa shape index (κ2) is 7.79. The highest BCUT2D eigenvalue weighted by molar-refractivity contribution is 6.46. The maximum atomic E-state index is 14.4. The Kier molecular flexibility index (Phi) is 5.02. The zero-order chi connectivity index (χ0) is 21.3. The molecular formula is C23H16F2N2O3. The van der Waals surface area contributed by atoms with Crippen molar-refractivity contribution in [3.05, 3.63) is 95.7 Å². The van der Waals surface area contributed by atoms with E-state index < -0.39 is 23.4 Å². The van der Waals surface area contributed by atoms with Crippen LogP contribution in [0.2, 0.25) is 0 Å². The molecule has 1 heterocycles. The van der Waals surface area contributed by atoms with Crippen LogP contribution in [0, 0.1) is 11.6 Å². The standard InChI is InChI=1S/C23H16F2N2O3/c1-30-19-10-6-5-9-16(19)20-21(26-15-7-3-2-4-8-15)23(29)27(22(20)28)18-12-11-14(24)13-17(18)25/h2-13,26H,1H3. The van der Waals surface area contributed by atoms with E-state index in [-0.39, 0.29) is 17.0 Å². The molecule has 0 aromatic heterocycles. The Bertz CT molecular complexity index is 1180. The van der Waals surface area contributed by atoms with E-state index >= 15 is 0 Å². The number of carbonyl (C=O) groups excluding carboxylic acids is 2. The summed E-state index contributed by atoms with van der Waals surface area (Å²) in [4.78, 5) is 27.2. The molecule has 0 bridgehead atoms. The first-order valence-corrected chi connectivity index (χ1v) is 9.05. The normalized spacial score (nSPS) is 13.8. The molecule has 5 nitrogen and oxygen atoms in total. The highest BCUT2D eigenvalue weighted by Gasteiger charge is 2.42. The molecule has 4 rings (SSSR count). The van der Waals surface area contributed by atoms with Gasteiger partial charge in [-0.05, 0) is 30.3 Å². The van der Waals surface area contributed by atoms with Crippen LogP contribution in [0.25, 0.3) is 5.57 Å². The van der Waals surface area contributed by atoms with Gasteiger partial charge in [0.15, 0.2) is 0 Å². The third kappa shape index (κ3) is 3.30. The largest absolute Gasteiger partial charge is 0.496 e. The van der Waals surface area contributed by atoms with Gasteiger partial charge in [0, 0.05) is 17.3 Å². The Hall–Kier alpha value is -4.00. The number of para-hydroxylation sites is 2. The third-order valence-electron chi connectivity index (χ3n) is 4.65. The first kappa shape index (κ1) is 19.3. The molecule has 1 aliphatic heterocycles. The molecule has 0 atom stereocenters. The quantitative estimate of drug-likeness (QED) is 0.640. The van der Waals surface area contributed by atoms with Gasteiger partial charge in [0.1, 0.15) is 23.1 Å². The molecule has 0 saturated carbocycles. The number of rotatable bonds is 5. The molecule has 0 radical (unpaired) electrons. The Morgan fingerprint density at radius 1 is 0.867 bits per heavy atom. The first-order valence-electron chi connectivity index (χ1n) is 9.05. The van der Waals surface area contributed by atoms with Crippen LogP contribution < -0.4 is 15.0 Å². The van der Waals surface area contributed by atoms with E-state index in [1.54, 1.807) is 48.5 Å². The van der Waals surface area contributed by atoms with Gasteiger partial charge in [0.25, 0.3) is 11.8 Å². The van der Waals surface area contributed by atoms with Crippen molar-refractivity contribution in [2.45, 2.75) is 0 Å². The van der Waals surface area contributed by atoms with Crippen molar-refractivity contribution in [1.82, 2.24) is 0 Å². The van der Waals surface area contributed by atoms with Gasteiger partial charge in [-0.25, -0.2) is 13.7 Å². The molecule has 7 heteroatoms. The van der Waals surface area contributed by atoms with Crippen LogP contribution in [0.1, 0.15) is 5.56 Å². The smallest absolute Gasteiger partial charge is 0.282 e. The van der Waals surface area contributed by atoms with Crippen molar-refractivity contribution < 1.29 is 23.1 Å². The van der Waals surface area contributed by atoms with Crippen LogP contribution in [0.5, 0.6) is 5.75 Å². The number of nitrogens with one attached hydrogen (secondary N) is 1. The number of ether oxygens (including phenoxy) is 1. The van der Waals surface area contributed by atoms with Gasteiger partial charge in [-0.2, -0.15) is 0 Å². The molecule has 0 fully saturated rings. The molecule has 3 aromatic carbocycles. The number of hydrogen-bond acceptors (Lipinski definition) is 4. The second-order valence-corrected chi connectivity index (χ2v) is 6.48. The van der Waals surface area contributed by atoms with E-state index in [4.69, 9.17) is 4.74 Å². The Morgan fingerprint density at radius 3 is 2.27 bits per heavy atom. The van der Waals surface area contributed by atoms with Crippen molar-refractivity contribution in [1.29, 1.82) is 0 Å². The van der Waals surface area contributed by atoms with Crippen molar-refractivity contribution in [2.75, 3.05) is 17.3 Å². The Morgan fingerprint density at radius 2 is 1.57 bits per heavy atom. The third-order valence-corrected chi connectivity index (χ3v) is 4.65. The lowest BCUT2D eigenvalue weighted by atomic mass is 10.0. The number of anilines is 2. The second-order valence-electron chi connectivity index (χ2n) is 6.48. The van der Waals surface area contributed by atoms with Gasteiger partial charge in [0.2, 0.25) is 0 Å². The number of nitrogens with zero attached hydrogens (tertiary/aromatic N) is 1. The van der Waals surface area contributed by atoms with Crippen molar-refractivity contribution in [2.24, 2.45) is 0 Å². The lowest BCUT2D eigenvalue weighted by Crippen LogP contribution is -2.33. The predicted octanol–water partition coefficient (Wildman–Crippen LogP) is 4.37. The van der Waals surface area contributed by atoms with Crippen molar-refractivity contribution in [3.63, 3.8) is 0 Å². The number of halogens is 2. The maximum absolute atomic E-state index is 14.4. The fraction of sp³-hybridized carbons (Fsp3) is 0.0435. The molecule has 150 valence electrons. The molecule has 0 spiro atoms. The lowest BCUT2D eigenvalue weighted by Gasteiger charge is -2.16. The summed E-state index contributed by atoms with van der Waals surface area (Å²) in [6.07, 6.45) is 0. The summed E-state index contributed by atoms with van der Waals surface area (Å²) in [7, 11) is 1.45. The number of benzene rings is 3. The van der Waals surface area contributed by atoms with Gasteiger partial charge < -0.3 is 10.1 Å². The van der Waals surface area contributed by atoms with Gasteiger partial charge in [0.05, 0.1) is 18.4 Å². The van der Waals surface area contributed by atoms with Crippen LogP contribution in [0.3, 0.4) is 0 Å². The van der Waals surface area contributed by atoms with E-state index in [0.717, 1.165) is 12.1 Å². The minimum absolute atomic E-state index is 0.0283. The SMILES string of the molecule is COc1ccccc1C1=C(Nc2ccccc2)C(=O)N(c2ccc(F)cc2F)C1=O. The molecule has 1 aliphatic rings. The molecule has 0 unspecified atom stereocenters. The van der Waals surface area contributed by atoms with Gasteiger partial charge in [-0.15, -0.1) is 0 Å². The number of carbonyl (C=O) groups is 2. The average Bonchev–Trinajstić information content (AvgIpc) is 2.98. The summed E-state index contributed by atoms with van der Waals surface area (Å²) in [6.45, 7) is 0. The van der Waals surface area contributed by atoms with Crippen LogP contribution >= 0.6 is 0 Å². The monoisotopic (exact) mass is 406 g/mol. The van der Waals surface area contributed by atoms with Gasteiger partial charge in [-0.1, -0.05) is 36.4 Å². The number of methoxy groups -OCH3 is 1. The molecule has 30 heavy (non-hydrogen) atoms. The lowest BCUT2D eigenvalue weighted by molar-refractivity contribution is -0.120. The summed E-state index contributed by atoms with van der Waals surface area (Å²) in [5.41, 5.74) is 0.623. The topological polar surface area (TPSA) is 58.6 Å². The highest BCUT2D eigenvalue weighted by Crippen LogP contribution is 2.38. The first-order chi connectivity index (χ1) is 14.5. The fourth-order valence-corrected chi connectivity index (χ4v) is 3.29. The predicted molar refractivity (Wildman–Crippen MR) is 109 cm³/mol. The van der Waals surface area contributed by atoms with Crippen LogP contribution in [0.4, 0.5) is 20.2 Å². The molecule has 0 aliphatic carbocycles. The number of hydrogen-bond donors (Lipinski definition) is 1. The maximum Gasteiger partial charge on any atom is 0.282 e. The average molecular weight is 406 g/mol. The van der Waals surface area contributed by atoms with Crippen molar-refractivity contribution in [3.8, 4) is 5.75 Å². The summed E-state index contributed by atoms with van der Waals surface area (Å²) in [5, 5.41) is 2.97. The van der Waals surface area contributed by atoms with E-state index in [1.165, 1.54) is 7.11 Å². The molecule has 0 saturated heterocycles. The summed E-state index contributed by atoms with van der Waals surface area (Å²) >= 11 is 0. The molecule has 3 aromatic rings. The van der Waals surface area contributed by atoms with E-state index in [0.29, 0.717) is 28.0 Å². The summed E-state index contributed by atoms with van der Waals surface area (Å²) in [6, 6.07) is 18.2. The van der Waals surface area contributed by atoms with Gasteiger partial charge in [-0.3, -0.25) is 9.59 Å². The van der Waals surface area contributed by atoms with Crippen LogP contribution in [0.15, 0.2) is 78.5 Å². The summed E-state index contributed by atoms with van der Waals surface area (Å²) < 4.78 is 33.1. The van der Waals surface area contributed by atoms with Gasteiger partial charge >= 0.3 is 0 Å². The van der Waals surface area contributed by atoms with Crippen molar-refractivity contribution >= 4 is 28.8 Å². The van der Waals surface area contributed by atoms with Crippen LogP contribution in [-0.4, -0.2) is 18.9 Å². The van der Waals surface area contributed by atoms with Crippen LogP contribution in [-0.2, 0) is 9.59 Å². The van der Waals surface area contributed by atoms with E-state index in [1.807, 2.05) is 6.07 Å². The fourth-order valence-electron chi connectivity index (χ4n) is 3.29. The highest BCUT2D eigenvalue weighted by atomic mass is 19.1.